The number of carbonyl (C=O) groups excluding carboxylic acids is 1. The van der Waals surface area contributed by atoms with E-state index in [-0.39, 0.29) is 24.8 Å². The molecule has 0 saturated carbocycles. The van der Waals surface area contributed by atoms with Crippen molar-refractivity contribution in [3.63, 3.8) is 0 Å². The van der Waals surface area contributed by atoms with E-state index in [4.69, 9.17) is 9.47 Å². The molecule has 32 heavy (non-hydrogen) atoms. The lowest BCUT2D eigenvalue weighted by molar-refractivity contribution is -0.117. The number of rotatable bonds is 4. The molecule has 2 aromatic carbocycles. The van der Waals surface area contributed by atoms with Crippen molar-refractivity contribution in [3.05, 3.63) is 69.8 Å². The maximum atomic E-state index is 13.3. The lowest BCUT2D eigenvalue weighted by Gasteiger charge is -2.10. The van der Waals surface area contributed by atoms with Gasteiger partial charge in [0.2, 0.25) is 12.7 Å². The summed E-state index contributed by atoms with van der Waals surface area (Å²) < 4.78 is 13.4. The van der Waals surface area contributed by atoms with Crippen LogP contribution >= 0.6 is 0 Å². The molecule has 5 rings (SSSR count). The second kappa shape index (κ2) is 7.52. The molecule has 1 amide bonds. The number of hydrogen-bond donors (Lipinski definition) is 1. The highest BCUT2D eigenvalue weighted by Crippen LogP contribution is 2.34. The van der Waals surface area contributed by atoms with Gasteiger partial charge in [-0.05, 0) is 56.2 Å². The fraction of sp³-hybridized carbons (Fsp3) is 0.217. The van der Waals surface area contributed by atoms with Gasteiger partial charge >= 0.3 is 0 Å². The number of carbonyl (C=O) groups is 1. The first-order valence-electron chi connectivity index (χ1n) is 10.1. The highest BCUT2D eigenvalue weighted by Gasteiger charge is 2.18. The van der Waals surface area contributed by atoms with Crippen LogP contribution in [-0.4, -0.2) is 32.3 Å². The summed E-state index contributed by atoms with van der Waals surface area (Å²) in [7, 11) is 0. The zero-order valence-corrected chi connectivity index (χ0v) is 17.9. The molecule has 9 nitrogen and oxygen atoms in total. The first-order valence-corrected chi connectivity index (χ1v) is 10.1. The Balaban J connectivity index is 1.48. The van der Waals surface area contributed by atoms with E-state index in [1.54, 1.807) is 36.0 Å². The summed E-state index contributed by atoms with van der Waals surface area (Å²) in [6.45, 7) is 5.75. The number of benzene rings is 2. The van der Waals surface area contributed by atoms with Gasteiger partial charge in [-0.2, -0.15) is 10.2 Å². The van der Waals surface area contributed by atoms with Crippen LogP contribution in [0.3, 0.4) is 0 Å². The minimum atomic E-state index is -0.387. The Bertz CT molecular complexity index is 1440. The van der Waals surface area contributed by atoms with Crippen LogP contribution in [0.4, 0.5) is 5.69 Å². The molecule has 4 aromatic rings. The molecule has 0 unspecified atom stereocenters. The predicted molar refractivity (Wildman–Crippen MR) is 119 cm³/mol. The van der Waals surface area contributed by atoms with Crippen molar-refractivity contribution in [1.82, 2.24) is 19.6 Å². The first kappa shape index (κ1) is 19.8. The molecule has 3 heterocycles. The first-order chi connectivity index (χ1) is 15.4. The van der Waals surface area contributed by atoms with E-state index in [1.165, 1.54) is 4.68 Å². The highest BCUT2D eigenvalue weighted by molar-refractivity contribution is 5.91. The number of nitrogens with one attached hydrogen (secondary N) is 1. The molecule has 0 bridgehead atoms. The third-order valence-corrected chi connectivity index (χ3v) is 5.55. The van der Waals surface area contributed by atoms with Crippen molar-refractivity contribution in [2.75, 3.05) is 12.1 Å². The smallest absolute Gasteiger partial charge is 0.293 e. The van der Waals surface area contributed by atoms with E-state index in [0.29, 0.717) is 33.8 Å². The Hall–Kier alpha value is -4.14. The van der Waals surface area contributed by atoms with Crippen molar-refractivity contribution in [2.24, 2.45) is 0 Å². The molecule has 9 heteroatoms. The molecule has 0 spiro atoms. The Morgan fingerprint density at radius 2 is 1.88 bits per heavy atom. The predicted octanol–water partition coefficient (Wildman–Crippen LogP) is 2.87. The van der Waals surface area contributed by atoms with Gasteiger partial charge in [-0.25, -0.2) is 9.36 Å². The average Bonchev–Trinajstić information content (AvgIpc) is 3.41. The van der Waals surface area contributed by atoms with Crippen molar-refractivity contribution in [2.45, 2.75) is 27.3 Å². The molecule has 162 valence electrons. The van der Waals surface area contributed by atoms with Gasteiger partial charge in [-0.1, -0.05) is 6.07 Å². The summed E-state index contributed by atoms with van der Waals surface area (Å²) in [6.07, 6.45) is 1.63. The second-order valence-corrected chi connectivity index (χ2v) is 7.75. The summed E-state index contributed by atoms with van der Waals surface area (Å²) in [6, 6.07) is 11.0. The Kier molecular flexibility index (Phi) is 4.66. The van der Waals surface area contributed by atoms with E-state index in [1.807, 2.05) is 32.0 Å². The van der Waals surface area contributed by atoms with Crippen LogP contribution in [0, 0.1) is 20.8 Å². The van der Waals surface area contributed by atoms with Gasteiger partial charge < -0.3 is 14.8 Å². The van der Waals surface area contributed by atoms with Gasteiger partial charge in [-0.15, -0.1) is 0 Å². The Labute approximate surface area is 183 Å². The van der Waals surface area contributed by atoms with Crippen LogP contribution in [-0.2, 0) is 11.3 Å². The summed E-state index contributed by atoms with van der Waals surface area (Å²) in [4.78, 5) is 25.9. The van der Waals surface area contributed by atoms with Crippen molar-refractivity contribution >= 4 is 22.5 Å². The minimum absolute atomic E-state index is 0.152. The molecule has 0 atom stereocenters. The van der Waals surface area contributed by atoms with Gasteiger partial charge in [-0.3, -0.25) is 9.59 Å². The van der Waals surface area contributed by atoms with Crippen molar-refractivity contribution in [1.29, 1.82) is 0 Å². The lowest BCUT2D eigenvalue weighted by Crippen LogP contribution is -2.31. The van der Waals surface area contributed by atoms with E-state index in [9.17, 15) is 9.59 Å². The number of amides is 1. The molecule has 0 radical (unpaired) electrons. The number of hydrogen-bond acceptors (Lipinski definition) is 6. The molecule has 1 N–H and O–H groups in total. The quantitative estimate of drug-likeness (QED) is 0.533. The normalized spacial score (nSPS) is 12.3. The van der Waals surface area contributed by atoms with Crippen LogP contribution in [0.25, 0.3) is 16.6 Å². The fourth-order valence-electron chi connectivity index (χ4n) is 3.69. The number of fused-ring (bicyclic) bond motifs is 2. The lowest BCUT2D eigenvalue weighted by atomic mass is 10.1. The number of aromatic nitrogens is 4. The maximum Gasteiger partial charge on any atom is 0.293 e. The molecule has 1 aliphatic rings. The van der Waals surface area contributed by atoms with Crippen LogP contribution in [0.5, 0.6) is 11.5 Å². The number of anilines is 1. The standard InChI is InChI=1S/C23H21N5O4/c1-13-4-6-17(8-14(13)2)28-22-18(10-24-28)15(3)26-27(23(22)30)11-21(29)25-16-5-7-19-20(9-16)32-12-31-19/h4-10H,11-12H2,1-3H3,(H,25,29). The highest BCUT2D eigenvalue weighted by atomic mass is 16.7. The van der Waals surface area contributed by atoms with E-state index in [0.717, 1.165) is 16.8 Å². The molecular formula is C23H21N5O4. The largest absolute Gasteiger partial charge is 0.454 e. The topological polar surface area (TPSA) is 100 Å². The van der Waals surface area contributed by atoms with Crippen molar-refractivity contribution in [3.8, 4) is 17.2 Å². The summed E-state index contributed by atoms with van der Waals surface area (Å²) in [5, 5.41) is 12.2. The van der Waals surface area contributed by atoms with E-state index < -0.39 is 0 Å². The number of ether oxygens (including phenoxy) is 2. The molecule has 2 aromatic heterocycles. The zero-order valence-electron chi connectivity index (χ0n) is 17.9. The Morgan fingerprint density at radius 1 is 1.06 bits per heavy atom. The third-order valence-electron chi connectivity index (χ3n) is 5.55. The van der Waals surface area contributed by atoms with E-state index >= 15 is 0 Å². The molecular weight excluding hydrogens is 410 g/mol. The minimum Gasteiger partial charge on any atom is -0.454 e. The number of nitrogens with zero attached hydrogens (tertiary/aromatic N) is 4. The number of aryl methyl sites for hydroxylation is 3. The van der Waals surface area contributed by atoms with E-state index in [2.05, 4.69) is 15.5 Å². The Morgan fingerprint density at radius 3 is 2.69 bits per heavy atom. The maximum absolute atomic E-state index is 13.3. The van der Waals surface area contributed by atoms with Gasteiger partial charge in [0.1, 0.15) is 12.1 Å². The van der Waals surface area contributed by atoms with Crippen LogP contribution in [0.2, 0.25) is 0 Å². The van der Waals surface area contributed by atoms with Gasteiger partial charge in [0, 0.05) is 17.1 Å². The molecule has 0 fully saturated rings. The van der Waals surface area contributed by atoms with Crippen LogP contribution in [0.15, 0.2) is 47.4 Å². The summed E-state index contributed by atoms with van der Waals surface area (Å²) >= 11 is 0. The summed E-state index contributed by atoms with van der Waals surface area (Å²) in [5.74, 6) is 0.809. The third kappa shape index (κ3) is 3.37. The van der Waals surface area contributed by atoms with Gasteiger partial charge in [0.05, 0.1) is 17.6 Å². The average molecular weight is 431 g/mol. The SMILES string of the molecule is Cc1ccc(-n2ncc3c(C)nn(CC(=O)Nc4ccc5c(c4)OCO5)c(=O)c32)cc1C. The van der Waals surface area contributed by atoms with Gasteiger partial charge in [0.15, 0.2) is 11.5 Å². The molecule has 1 aliphatic heterocycles. The van der Waals surface area contributed by atoms with Crippen molar-refractivity contribution < 1.29 is 14.3 Å². The summed E-state index contributed by atoms with van der Waals surface area (Å²) in [5.41, 5.74) is 4.19. The molecule has 0 aliphatic carbocycles. The van der Waals surface area contributed by atoms with Crippen LogP contribution < -0.4 is 20.3 Å². The zero-order chi connectivity index (χ0) is 22.4. The molecule has 0 saturated heterocycles. The van der Waals surface area contributed by atoms with Gasteiger partial charge in [0.25, 0.3) is 5.56 Å². The fourth-order valence-corrected chi connectivity index (χ4v) is 3.69. The van der Waals surface area contributed by atoms with Crippen LogP contribution in [0.1, 0.15) is 16.8 Å². The second-order valence-electron chi connectivity index (χ2n) is 7.75. The monoisotopic (exact) mass is 431 g/mol.